The minimum atomic E-state index is -3.09. The zero-order valence-electron chi connectivity index (χ0n) is 45.2. The monoisotopic (exact) mass is 976 g/mol. The Balaban J connectivity index is 0.000000794. The summed E-state index contributed by atoms with van der Waals surface area (Å²) in [6.07, 6.45) is 21.2. The molecule has 0 bridgehead atoms. The molecular formula is C66H78BNO5. The lowest BCUT2D eigenvalue weighted by Gasteiger charge is -2.35. The summed E-state index contributed by atoms with van der Waals surface area (Å²) < 4.78 is 0. The van der Waals surface area contributed by atoms with Gasteiger partial charge in [0.2, 0.25) is 0 Å². The Morgan fingerprint density at radius 2 is 1.33 bits per heavy atom. The van der Waals surface area contributed by atoms with Crippen molar-refractivity contribution in [3.05, 3.63) is 262 Å². The first-order chi connectivity index (χ1) is 34.8. The lowest BCUT2D eigenvalue weighted by molar-refractivity contribution is -0.283. The number of nitrogens with zero attached hydrogens (tertiary/aromatic N) is 1. The van der Waals surface area contributed by atoms with E-state index in [1.165, 1.54) is 16.7 Å². The van der Waals surface area contributed by atoms with Crippen LogP contribution in [0.15, 0.2) is 240 Å². The van der Waals surface area contributed by atoms with E-state index in [1.807, 2.05) is 90.1 Å². The highest BCUT2D eigenvalue weighted by atomic mass is 16.7. The Morgan fingerprint density at radius 1 is 0.740 bits per heavy atom. The SMILES string of the molecule is C=C.CC.CC.Cc1ccccc1.[B]C(O)(O)/C(=C/C1=C(C=C)C(C)=C(/C=C(\CC)C(O)(O)O)C12c1ccccc1-c1ccc(N(/C=C/C=C3\C(=C)C(C)(C)C4=C3CC=CC=C4)c3ccccc3C)cc12)CC. The maximum atomic E-state index is 10.9. The predicted octanol–water partition coefficient (Wildman–Crippen LogP) is 15.0. The van der Waals surface area contributed by atoms with Gasteiger partial charge in [-0.3, -0.25) is 0 Å². The molecule has 0 aromatic heterocycles. The second-order valence-corrected chi connectivity index (χ2v) is 18.2. The van der Waals surface area contributed by atoms with Gasteiger partial charge in [-0.15, -0.1) is 13.2 Å². The number of allylic oxidation sites excluding steroid dienone is 17. The van der Waals surface area contributed by atoms with Crippen molar-refractivity contribution in [1.82, 2.24) is 0 Å². The average Bonchev–Trinajstić information content (AvgIpc) is 3.72. The molecule has 0 aliphatic heterocycles. The highest BCUT2D eigenvalue weighted by Crippen LogP contribution is 2.63. The standard InChI is InChI=1S/C53H54BNO5.C7H8.2C2H6.C2H4/c1-9-36(52(54,56)57)30-47-39(11-3)34(5)46(31-37(10-2)53(58,59)60)51(47)45-25-17-16-22-42(45)43-28-27-38(32-48(43)51)55(49-26-18-15-20-33(49)4)29-19-23-40-35(6)50(7,8)44-24-14-12-13-21-41(40)44;1-7-5-3-2-4-6-7;3*1-2/h11-20,22-32,56-60H,3,6,9-10,21H2,1-2,4-5,7-8H3;2-6H,1H3;2*1-2H3;1-2H2/b29-19+,36-30+,37-31+,40-23+;;;;. The van der Waals surface area contributed by atoms with Gasteiger partial charge < -0.3 is 30.4 Å². The van der Waals surface area contributed by atoms with E-state index in [4.69, 9.17) is 7.85 Å². The third-order valence-electron chi connectivity index (χ3n) is 13.8. The summed E-state index contributed by atoms with van der Waals surface area (Å²) >= 11 is 0. The molecule has 0 heterocycles. The molecule has 1 atom stereocenters. The molecule has 0 amide bonds. The quantitative estimate of drug-likeness (QED) is 0.0583. The van der Waals surface area contributed by atoms with Gasteiger partial charge in [0, 0.05) is 28.6 Å². The molecule has 0 saturated carbocycles. The number of rotatable bonds is 11. The van der Waals surface area contributed by atoms with E-state index in [9.17, 15) is 25.5 Å². The van der Waals surface area contributed by atoms with E-state index in [2.05, 4.69) is 150 Å². The Labute approximate surface area is 439 Å². The molecule has 7 heteroatoms. The third-order valence-corrected chi connectivity index (χ3v) is 13.8. The van der Waals surface area contributed by atoms with Crippen LogP contribution in [0.3, 0.4) is 0 Å². The number of benzene rings is 4. The van der Waals surface area contributed by atoms with Crippen LogP contribution in [0.25, 0.3) is 11.1 Å². The van der Waals surface area contributed by atoms with Crippen LogP contribution in [0.4, 0.5) is 11.4 Å². The zero-order chi connectivity index (χ0) is 54.5. The first-order valence-corrected chi connectivity index (χ1v) is 25.5. The van der Waals surface area contributed by atoms with Gasteiger partial charge in [0.15, 0.2) is 7.85 Å². The molecule has 1 unspecified atom stereocenters. The molecule has 2 radical (unpaired) electrons. The van der Waals surface area contributed by atoms with Crippen LogP contribution in [0, 0.1) is 19.3 Å². The van der Waals surface area contributed by atoms with Crippen LogP contribution in [-0.2, 0) is 5.41 Å². The molecule has 380 valence electrons. The molecule has 4 aromatic rings. The summed E-state index contributed by atoms with van der Waals surface area (Å²) in [4.78, 5) is 2.17. The maximum absolute atomic E-state index is 10.9. The second-order valence-electron chi connectivity index (χ2n) is 18.2. The number of aliphatic hydroxyl groups is 5. The first-order valence-electron chi connectivity index (χ1n) is 25.5. The summed E-state index contributed by atoms with van der Waals surface area (Å²) in [5.74, 6) is -3.09. The number of para-hydroxylation sites is 1. The van der Waals surface area contributed by atoms with Gasteiger partial charge in [-0.25, -0.2) is 0 Å². The van der Waals surface area contributed by atoms with E-state index in [0.717, 1.165) is 67.9 Å². The highest BCUT2D eigenvalue weighted by Gasteiger charge is 2.53. The second kappa shape index (κ2) is 25.4. The highest BCUT2D eigenvalue weighted by molar-refractivity contribution is 6.15. The largest absolute Gasteiger partial charge is 0.371 e. The number of hydrogen-bond acceptors (Lipinski definition) is 6. The molecule has 4 aliphatic carbocycles. The van der Waals surface area contributed by atoms with Crippen molar-refractivity contribution in [2.24, 2.45) is 5.41 Å². The fourth-order valence-corrected chi connectivity index (χ4v) is 10.1. The number of fused-ring (bicyclic) bond motifs is 5. The van der Waals surface area contributed by atoms with Gasteiger partial charge in [0.1, 0.15) is 5.69 Å². The normalized spacial score (nSPS) is 18.2. The molecular weight excluding hydrogens is 898 g/mol. The van der Waals surface area contributed by atoms with E-state index in [1.54, 1.807) is 25.2 Å². The van der Waals surface area contributed by atoms with E-state index in [-0.39, 0.29) is 29.4 Å². The van der Waals surface area contributed by atoms with Crippen molar-refractivity contribution in [3.8, 4) is 11.1 Å². The fraction of sp³-hybridized carbons (Fsp3) is 0.273. The van der Waals surface area contributed by atoms with Gasteiger partial charge in [0.05, 0.1) is 5.41 Å². The van der Waals surface area contributed by atoms with Crippen LogP contribution in [0.5, 0.6) is 0 Å². The van der Waals surface area contributed by atoms with Crippen LogP contribution >= 0.6 is 0 Å². The number of hydrogen-bond donors (Lipinski definition) is 5. The van der Waals surface area contributed by atoms with Crippen LogP contribution in [0.2, 0.25) is 0 Å². The minimum absolute atomic E-state index is 0.00716. The van der Waals surface area contributed by atoms with Gasteiger partial charge in [-0.2, -0.15) is 0 Å². The van der Waals surface area contributed by atoms with E-state index >= 15 is 0 Å². The van der Waals surface area contributed by atoms with Gasteiger partial charge in [-0.05, 0) is 148 Å². The maximum Gasteiger partial charge on any atom is 0.300 e. The fourth-order valence-electron chi connectivity index (χ4n) is 10.1. The van der Waals surface area contributed by atoms with Crippen molar-refractivity contribution in [2.45, 2.75) is 112 Å². The number of anilines is 2. The first kappa shape index (κ1) is 59.0. The Bertz CT molecular complexity index is 2920. The topological polar surface area (TPSA) is 104 Å². The van der Waals surface area contributed by atoms with Gasteiger partial charge in [-0.1, -0.05) is 196 Å². The molecule has 4 aromatic carbocycles. The van der Waals surface area contributed by atoms with Crippen molar-refractivity contribution >= 4 is 19.2 Å². The molecule has 4 aliphatic rings. The van der Waals surface area contributed by atoms with E-state index < -0.39 is 17.1 Å². The van der Waals surface area contributed by atoms with Crippen molar-refractivity contribution < 1.29 is 25.5 Å². The summed E-state index contributed by atoms with van der Waals surface area (Å²) in [6.45, 7) is 36.9. The zero-order valence-corrected chi connectivity index (χ0v) is 45.2. The summed E-state index contributed by atoms with van der Waals surface area (Å²) in [5.41, 5.74) is 11.7. The Morgan fingerprint density at radius 3 is 1.90 bits per heavy atom. The van der Waals surface area contributed by atoms with Gasteiger partial charge >= 0.3 is 0 Å². The molecule has 0 fully saturated rings. The van der Waals surface area contributed by atoms with E-state index in [0.29, 0.717) is 11.1 Å². The molecule has 73 heavy (non-hydrogen) atoms. The average molecular weight is 976 g/mol. The van der Waals surface area contributed by atoms with Gasteiger partial charge in [0.25, 0.3) is 5.97 Å². The van der Waals surface area contributed by atoms with Crippen molar-refractivity contribution in [3.63, 3.8) is 0 Å². The molecule has 6 nitrogen and oxygen atoms in total. The summed E-state index contributed by atoms with van der Waals surface area (Å²) in [6, 6.07) is 32.9. The Kier molecular flexibility index (Phi) is 20.5. The van der Waals surface area contributed by atoms with Crippen molar-refractivity contribution in [2.75, 3.05) is 4.90 Å². The molecule has 0 saturated heterocycles. The third kappa shape index (κ3) is 11.9. The smallest absolute Gasteiger partial charge is 0.300 e. The molecule has 8 rings (SSSR count). The van der Waals surface area contributed by atoms with Crippen LogP contribution in [0.1, 0.15) is 104 Å². The number of aryl methyl sites for hydroxylation is 2. The van der Waals surface area contributed by atoms with Crippen molar-refractivity contribution in [1.29, 1.82) is 0 Å². The van der Waals surface area contributed by atoms with Crippen LogP contribution in [-0.4, -0.2) is 45.0 Å². The predicted molar refractivity (Wildman–Crippen MR) is 310 cm³/mol. The lowest BCUT2D eigenvalue weighted by atomic mass is 9.67. The molecule has 1 spiro atoms. The lowest BCUT2D eigenvalue weighted by Crippen LogP contribution is -2.34. The Hall–Kier alpha value is -6.58. The summed E-state index contributed by atoms with van der Waals surface area (Å²) in [7, 11) is 6.00. The molecule has 5 N–H and O–H groups in total. The summed E-state index contributed by atoms with van der Waals surface area (Å²) in [5, 5.41) is 53.6. The van der Waals surface area contributed by atoms with Crippen LogP contribution < -0.4 is 4.90 Å². The minimum Gasteiger partial charge on any atom is -0.371 e.